The minimum absolute atomic E-state index is 0.694. The number of nitrogens with zero attached hydrogens (tertiary/aromatic N) is 4. The molecule has 19 heavy (non-hydrogen) atoms. The van der Waals surface area contributed by atoms with Crippen LogP contribution in [0.1, 0.15) is 5.82 Å². The molecule has 98 valence electrons. The highest BCUT2D eigenvalue weighted by Gasteiger charge is 2.07. The third-order valence-corrected chi connectivity index (χ3v) is 3.66. The molecule has 0 saturated heterocycles. The summed E-state index contributed by atoms with van der Waals surface area (Å²) >= 11 is 11.3. The Morgan fingerprint density at radius 3 is 3.00 bits per heavy atom. The van der Waals surface area contributed by atoms with Crippen molar-refractivity contribution in [1.29, 1.82) is 0 Å². The van der Waals surface area contributed by atoms with Crippen LogP contribution in [0.2, 0.25) is 5.02 Å². The Balaban J connectivity index is 1.95. The van der Waals surface area contributed by atoms with Crippen LogP contribution in [0.25, 0.3) is 11.0 Å². The lowest BCUT2D eigenvalue weighted by molar-refractivity contribution is 0.656. The smallest absolute Gasteiger partial charge is 0.178 e. The number of rotatable bonds is 3. The van der Waals surface area contributed by atoms with E-state index in [2.05, 4.69) is 19.7 Å². The van der Waals surface area contributed by atoms with Crippen LogP contribution in [0.3, 0.4) is 0 Å². The van der Waals surface area contributed by atoms with Crippen molar-refractivity contribution >= 4 is 34.9 Å². The minimum atomic E-state index is 0.694. The third-order valence-electron chi connectivity index (χ3n) is 3.10. The van der Waals surface area contributed by atoms with Gasteiger partial charge in [0.15, 0.2) is 4.77 Å². The molecule has 2 aromatic heterocycles. The maximum atomic E-state index is 5.97. The molecule has 2 heterocycles. The Kier molecular flexibility index (Phi) is 3.12. The number of halogens is 1. The van der Waals surface area contributed by atoms with Gasteiger partial charge in [-0.2, -0.15) is 0 Å². The van der Waals surface area contributed by atoms with Crippen LogP contribution in [0, 0.1) is 4.77 Å². The molecule has 0 amide bonds. The summed E-state index contributed by atoms with van der Waals surface area (Å²) < 4.78 is 4.66. The average Bonchev–Trinajstić information content (AvgIpc) is 2.90. The Labute approximate surface area is 119 Å². The number of hydrogen-bond donors (Lipinski definition) is 1. The second kappa shape index (κ2) is 4.79. The van der Waals surface area contributed by atoms with Gasteiger partial charge >= 0.3 is 0 Å². The van der Waals surface area contributed by atoms with Crippen LogP contribution < -0.4 is 0 Å². The van der Waals surface area contributed by atoms with E-state index >= 15 is 0 Å². The number of nitrogens with one attached hydrogen (secondary N) is 1. The number of imidazole rings is 1. The van der Waals surface area contributed by atoms with Crippen molar-refractivity contribution in [2.75, 3.05) is 0 Å². The maximum Gasteiger partial charge on any atom is 0.178 e. The number of aromatic nitrogens is 5. The van der Waals surface area contributed by atoms with Crippen LogP contribution in [0.4, 0.5) is 0 Å². The Morgan fingerprint density at radius 1 is 1.42 bits per heavy atom. The molecule has 1 N–H and O–H groups in total. The van der Waals surface area contributed by atoms with Crippen LogP contribution in [0.5, 0.6) is 0 Å². The number of aromatic amines is 1. The zero-order valence-corrected chi connectivity index (χ0v) is 11.9. The molecule has 0 spiro atoms. The van der Waals surface area contributed by atoms with E-state index in [1.807, 2.05) is 29.8 Å². The lowest BCUT2D eigenvalue weighted by Crippen LogP contribution is -2.05. The Morgan fingerprint density at radius 2 is 2.26 bits per heavy atom. The second-order valence-electron chi connectivity index (χ2n) is 4.35. The Bertz CT molecular complexity index is 785. The van der Waals surface area contributed by atoms with E-state index < -0.39 is 0 Å². The molecule has 0 bridgehead atoms. The molecule has 0 atom stereocenters. The van der Waals surface area contributed by atoms with Gasteiger partial charge in [0.25, 0.3) is 0 Å². The van der Waals surface area contributed by atoms with Gasteiger partial charge in [-0.15, -0.1) is 10.2 Å². The molecule has 3 aromatic rings. The molecule has 0 unspecified atom stereocenters. The number of aryl methyl sites for hydroxylation is 3. The summed E-state index contributed by atoms with van der Waals surface area (Å²) in [5.74, 6) is 0.935. The van der Waals surface area contributed by atoms with E-state index in [0.29, 0.717) is 9.79 Å². The number of fused-ring (bicyclic) bond motifs is 1. The summed E-state index contributed by atoms with van der Waals surface area (Å²) in [4.78, 5) is 3.16. The van der Waals surface area contributed by atoms with Crippen molar-refractivity contribution < 1.29 is 0 Å². The number of benzene rings is 1. The van der Waals surface area contributed by atoms with E-state index in [9.17, 15) is 0 Å². The first-order valence-corrected chi connectivity index (χ1v) is 6.65. The third kappa shape index (κ3) is 2.29. The zero-order chi connectivity index (χ0) is 13.4. The first kappa shape index (κ1) is 12.4. The summed E-state index contributed by atoms with van der Waals surface area (Å²) in [7, 11) is 1.93. The molecule has 0 aliphatic rings. The van der Waals surface area contributed by atoms with Gasteiger partial charge in [0.2, 0.25) is 0 Å². The summed E-state index contributed by atoms with van der Waals surface area (Å²) in [6, 6.07) is 5.72. The largest absolute Gasteiger partial charge is 0.331 e. The van der Waals surface area contributed by atoms with Gasteiger partial charge in [-0.1, -0.05) is 11.6 Å². The first-order valence-electron chi connectivity index (χ1n) is 5.86. The lowest BCUT2D eigenvalue weighted by atomic mass is 10.3. The number of hydrogen-bond acceptors (Lipinski definition) is 3. The van der Waals surface area contributed by atoms with Crippen molar-refractivity contribution in [2.45, 2.75) is 13.0 Å². The Hall–Kier alpha value is -1.66. The van der Waals surface area contributed by atoms with E-state index in [0.717, 1.165) is 29.8 Å². The summed E-state index contributed by atoms with van der Waals surface area (Å²) in [6.45, 7) is 0.757. The van der Waals surface area contributed by atoms with Crippen LogP contribution in [0.15, 0.2) is 24.5 Å². The van der Waals surface area contributed by atoms with Gasteiger partial charge in [0, 0.05) is 25.0 Å². The zero-order valence-electron chi connectivity index (χ0n) is 10.3. The molecular weight excluding hydrogens is 282 g/mol. The van der Waals surface area contributed by atoms with Crippen molar-refractivity contribution in [3.8, 4) is 0 Å². The highest BCUT2D eigenvalue weighted by molar-refractivity contribution is 7.71. The maximum absolute atomic E-state index is 5.97. The van der Waals surface area contributed by atoms with Crippen molar-refractivity contribution in [3.05, 3.63) is 40.1 Å². The second-order valence-corrected chi connectivity index (χ2v) is 5.17. The molecule has 0 aliphatic heterocycles. The molecule has 3 rings (SSSR count). The van der Waals surface area contributed by atoms with Gasteiger partial charge in [0.1, 0.15) is 12.2 Å². The monoisotopic (exact) mass is 293 g/mol. The average molecular weight is 294 g/mol. The molecule has 5 nitrogen and oxygen atoms in total. The van der Waals surface area contributed by atoms with E-state index in [1.54, 1.807) is 6.33 Å². The molecule has 7 heteroatoms. The van der Waals surface area contributed by atoms with Crippen LogP contribution in [-0.4, -0.2) is 24.3 Å². The van der Waals surface area contributed by atoms with Crippen molar-refractivity contribution in [3.63, 3.8) is 0 Å². The normalized spacial score (nSPS) is 11.3. The van der Waals surface area contributed by atoms with Gasteiger partial charge < -0.3 is 14.1 Å². The molecule has 0 fully saturated rings. The van der Waals surface area contributed by atoms with Crippen molar-refractivity contribution in [1.82, 2.24) is 24.3 Å². The number of H-pyrrole nitrogens is 1. The van der Waals surface area contributed by atoms with Crippen LogP contribution >= 0.6 is 23.8 Å². The highest BCUT2D eigenvalue weighted by atomic mass is 35.5. The van der Waals surface area contributed by atoms with E-state index in [4.69, 9.17) is 23.8 Å². The highest BCUT2D eigenvalue weighted by Crippen LogP contribution is 2.19. The fourth-order valence-electron chi connectivity index (χ4n) is 2.10. The molecule has 0 aliphatic carbocycles. The topological polar surface area (TPSA) is 51.4 Å². The summed E-state index contributed by atoms with van der Waals surface area (Å²) in [5.41, 5.74) is 2.01. The fraction of sp³-hybridized carbons (Fsp3) is 0.250. The minimum Gasteiger partial charge on any atom is -0.331 e. The molecule has 0 saturated carbocycles. The molecular formula is C12H12ClN5S. The quantitative estimate of drug-likeness (QED) is 0.756. The van der Waals surface area contributed by atoms with Gasteiger partial charge in [0.05, 0.1) is 11.0 Å². The standard InChI is InChI=1S/C12H12ClN5S/c1-17-7-14-16-11(17)4-5-18-10-3-2-8(13)6-9(10)15-12(18)19/h2-3,6-7H,4-5H2,1H3,(H,15,19). The van der Waals surface area contributed by atoms with E-state index in [1.165, 1.54) is 0 Å². The first-order chi connectivity index (χ1) is 9.15. The van der Waals surface area contributed by atoms with Crippen LogP contribution in [-0.2, 0) is 20.0 Å². The van der Waals surface area contributed by atoms with E-state index in [-0.39, 0.29) is 0 Å². The fourth-order valence-corrected chi connectivity index (χ4v) is 2.57. The van der Waals surface area contributed by atoms with Gasteiger partial charge in [-0.25, -0.2) is 0 Å². The lowest BCUT2D eigenvalue weighted by Gasteiger charge is -2.04. The summed E-state index contributed by atoms with van der Waals surface area (Å²) in [5, 5.41) is 8.64. The molecule has 0 radical (unpaired) electrons. The van der Waals surface area contributed by atoms with Gasteiger partial charge in [-0.05, 0) is 30.4 Å². The predicted molar refractivity (Wildman–Crippen MR) is 76.8 cm³/mol. The van der Waals surface area contributed by atoms with Crippen molar-refractivity contribution in [2.24, 2.45) is 7.05 Å². The van der Waals surface area contributed by atoms with Gasteiger partial charge in [-0.3, -0.25) is 0 Å². The molecule has 1 aromatic carbocycles. The predicted octanol–water partition coefficient (Wildman–Crippen LogP) is 2.72. The SMILES string of the molecule is Cn1cnnc1CCn1c(=S)[nH]c2cc(Cl)ccc21. The summed E-state index contributed by atoms with van der Waals surface area (Å²) in [6.07, 6.45) is 2.48.